The summed E-state index contributed by atoms with van der Waals surface area (Å²) >= 11 is 3.56. The molecule has 0 amide bonds. The lowest BCUT2D eigenvalue weighted by molar-refractivity contribution is 0.312. The van der Waals surface area contributed by atoms with Crippen molar-refractivity contribution in [2.24, 2.45) is 0 Å². The van der Waals surface area contributed by atoms with Gasteiger partial charge in [-0.25, -0.2) is 0 Å². The lowest BCUT2D eigenvalue weighted by Gasteiger charge is -2.22. The zero-order chi connectivity index (χ0) is 18.1. The number of rotatable bonds is 3. The van der Waals surface area contributed by atoms with E-state index in [2.05, 4.69) is 22.0 Å². The van der Waals surface area contributed by atoms with Crippen LogP contribution in [-0.4, -0.2) is 11.2 Å². The van der Waals surface area contributed by atoms with Crippen molar-refractivity contribution in [1.29, 1.82) is 0 Å². The van der Waals surface area contributed by atoms with Gasteiger partial charge in [0.1, 0.15) is 11.5 Å². The minimum absolute atomic E-state index is 0.0215. The van der Waals surface area contributed by atoms with Crippen molar-refractivity contribution in [2.75, 3.05) is 6.61 Å². The van der Waals surface area contributed by atoms with Crippen molar-refractivity contribution >= 4 is 21.5 Å². The topological polar surface area (TPSA) is 40.5 Å². The van der Waals surface area contributed by atoms with Gasteiger partial charge < -0.3 is 14.0 Å². The normalized spacial score (nSPS) is 15.0. The predicted molar refractivity (Wildman–Crippen MR) is 103 cm³/mol. The average molecular weight is 404 g/mol. The van der Waals surface area contributed by atoms with Crippen LogP contribution in [-0.2, 0) is 6.54 Å². The Hall–Kier alpha value is -2.01. The van der Waals surface area contributed by atoms with E-state index >= 15 is 0 Å². The predicted octanol–water partition coefficient (Wildman–Crippen LogP) is 4.76. The molecular weight excluding hydrogens is 382 g/mol. The van der Waals surface area contributed by atoms with Gasteiger partial charge in [-0.3, -0.25) is 4.79 Å². The molecule has 1 aliphatic heterocycles. The van der Waals surface area contributed by atoms with Gasteiger partial charge in [0.2, 0.25) is 0 Å². The lowest BCUT2D eigenvalue weighted by Crippen LogP contribution is -2.28. The second kappa shape index (κ2) is 7.08. The number of halogens is 1. The van der Waals surface area contributed by atoms with Gasteiger partial charge in [0.25, 0.3) is 5.56 Å². The Morgan fingerprint density at radius 2 is 2.04 bits per heavy atom. The first-order valence-electron chi connectivity index (χ1n) is 8.42. The quantitative estimate of drug-likeness (QED) is 0.693. The highest BCUT2D eigenvalue weighted by Gasteiger charge is 2.22. The van der Waals surface area contributed by atoms with E-state index in [4.69, 9.17) is 9.47 Å². The fraction of sp³-hybridized carbons (Fsp3) is 0.350. The Kier molecular flexibility index (Phi) is 5.04. The van der Waals surface area contributed by atoms with Gasteiger partial charge in [0.05, 0.1) is 22.9 Å². The summed E-state index contributed by atoms with van der Waals surface area (Å²) in [6.07, 6.45) is 2.35. The van der Waals surface area contributed by atoms with E-state index < -0.39 is 0 Å². The number of aryl methyl sites for hydroxylation is 3. The maximum Gasteiger partial charge on any atom is 0.262 e. The molecule has 25 heavy (non-hydrogen) atoms. The van der Waals surface area contributed by atoms with Crippen LogP contribution in [0.15, 0.2) is 33.7 Å². The van der Waals surface area contributed by atoms with Gasteiger partial charge in [-0.05, 0) is 60.8 Å². The molecule has 0 radical (unpaired) electrons. The van der Waals surface area contributed by atoms with E-state index in [0.717, 1.165) is 27.1 Å². The highest BCUT2D eigenvalue weighted by atomic mass is 79.9. The number of ether oxygens (including phenoxy) is 2. The lowest BCUT2D eigenvalue weighted by atomic mass is 10.0. The van der Waals surface area contributed by atoms with Crippen LogP contribution in [0.2, 0.25) is 0 Å². The van der Waals surface area contributed by atoms with Crippen LogP contribution in [0.25, 0.3) is 5.57 Å². The maximum absolute atomic E-state index is 12.8. The number of pyridine rings is 1. The van der Waals surface area contributed by atoms with Crippen molar-refractivity contribution in [1.82, 2.24) is 4.57 Å². The molecule has 2 heterocycles. The Bertz CT molecular complexity index is 889. The molecule has 1 aromatic heterocycles. The van der Waals surface area contributed by atoms with Gasteiger partial charge >= 0.3 is 0 Å². The van der Waals surface area contributed by atoms with E-state index in [0.29, 0.717) is 30.9 Å². The zero-order valence-electron chi connectivity index (χ0n) is 15.0. The molecular formula is C20H22BrNO3. The molecule has 1 aliphatic rings. The molecule has 5 heteroatoms. The Morgan fingerprint density at radius 3 is 2.72 bits per heavy atom. The third kappa shape index (κ3) is 3.38. The van der Waals surface area contributed by atoms with Crippen molar-refractivity contribution < 1.29 is 9.47 Å². The molecule has 0 atom stereocenters. The van der Waals surface area contributed by atoms with Crippen LogP contribution >= 0.6 is 15.9 Å². The van der Waals surface area contributed by atoms with Crippen LogP contribution in [0.1, 0.15) is 35.7 Å². The van der Waals surface area contributed by atoms with Crippen molar-refractivity contribution in [2.45, 2.75) is 40.7 Å². The third-order valence-electron chi connectivity index (χ3n) is 4.43. The van der Waals surface area contributed by atoms with Crippen LogP contribution in [0.5, 0.6) is 11.5 Å². The molecule has 0 saturated carbocycles. The summed E-state index contributed by atoms with van der Waals surface area (Å²) in [6.45, 7) is 9.13. The second-order valence-corrected chi connectivity index (χ2v) is 7.18. The van der Waals surface area contributed by atoms with Gasteiger partial charge in [-0.2, -0.15) is 0 Å². The SMILES string of the molecule is CCn1c(C)cc2c(c1=O)/C(=C/Oc1c(C)cc(C)cc1Br)CCO2. The number of nitrogens with zero attached hydrogens (tertiary/aromatic N) is 1. The zero-order valence-corrected chi connectivity index (χ0v) is 16.6. The van der Waals surface area contributed by atoms with Crippen molar-refractivity contribution in [3.05, 3.63) is 61.7 Å². The van der Waals surface area contributed by atoms with Gasteiger partial charge in [-0.15, -0.1) is 0 Å². The first-order chi connectivity index (χ1) is 11.9. The first-order valence-corrected chi connectivity index (χ1v) is 9.21. The molecule has 0 unspecified atom stereocenters. The van der Waals surface area contributed by atoms with Crippen LogP contribution < -0.4 is 15.0 Å². The summed E-state index contributed by atoms with van der Waals surface area (Å²) in [5, 5.41) is 0. The van der Waals surface area contributed by atoms with Crippen molar-refractivity contribution in [3.63, 3.8) is 0 Å². The van der Waals surface area contributed by atoms with E-state index in [1.807, 2.05) is 39.8 Å². The number of benzene rings is 1. The van der Waals surface area contributed by atoms with Crippen LogP contribution in [0, 0.1) is 20.8 Å². The summed E-state index contributed by atoms with van der Waals surface area (Å²) in [4.78, 5) is 12.8. The Morgan fingerprint density at radius 1 is 1.28 bits per heavy atom. The first kappa shape index (κ1) is 17.8. The third-order valence-corrected chi connectivity index (χ3v) is 5.02. The molecule has 0 fully saturated rings. The molecule has 1 aromatic carbocycles. The van der Waals surface area contributed by atoms with Gasteiger partial charge in [-0.1, -0.05) is 6.07 Å². The van der Waals surface area contributed by atoms with Crippen molar-refractivity contribution in [3.8, 4) is 11.5 Å². The maximum atomic E-state index is 12.8. The molecule has 3 rings (SSSR count). The Labute approximate surface area is 156 Å². The molecule has 0 aliphatic carbocycles. The smallest absolute Gasteiger partial charge is 0.262 e. The monoisotopic (exact) mass is 403 g/mol. The van der Waals surface area contributed by atoms with Gasteiger partial charge in [0, 0.05) is 30.3 Å². The molecule has 4 nitrogen and oxygen atoms in total. The minimum atomic E-state index is -0.0215. The summed E-state index contributed by atoms with van der Waals surface area (Å²) in [7, 11) is 0. The van der Waals surface area contributed by atoms with Crippen LogP contribution in [0.4, 0.5) is 0 Å². The number of fused-ring (bicyclic) bond motifs is 1. The van der Waals surface area contributed by atoms with E-state index in [-0.39, 0.29) is 5.56 Å². The average Bonchev–Trinajstić information content (AvgIpc) is 2.53. The molecule has 0 saturated heterocycles. The molecule has 0 N–H and O–H groups in total. The van der Waals surface area contributed by atoms with E-state index in [1.54, 1.807) is 10.8 Å². The standard InChI is InChI=1S/C20H22BrNO3/c1-5-22-14(4)10-17-18(20(22)23)15(6-7-24-17)11-25-19-13(3)8-12(2)9-16(19)21/h8-11H,5-7H2,1-4H3/b15-11+. The summed E-state index contributed by atoms with van der Waals surface area (Å²) < 4.78 is 14.3. The highest BCUT2D eigenvalue weighted by Crippen LogP contribution is 2.34. The van der Waals surface area contributed by atoms with E-state index in [9.17, 15) is 4.79 Å². The van der Waals surface area contributed by atoms with Crippen LogP contribution in [0.3, 0.4) is 0 Å². The highest BCUT2D eigenvalue weighted by molar-refractivity contribution is 9.10. The minimum Gasteiger partial charge on any atom is -0.492 e. The summed E-state index contributed by atoms with van der Waals surface area (Å²) in [6, 6.07) is 6.02. The Balaban J connectivity index is 2.04. The van der Waals surface area contributed by atoms with E-state index in [1.165, 1.54) is 5.56 Å². The molecule has 132 valence electrons. The summed E-state index contributed by atoms with van der Waals surface area (Å²) in [5.41, 5.74) is 4.59. The summed E-state index contributed by atoms with van der Waals surface area (Å²) in [5.74, 6) is 1.42. The largest absolute Gasteiger partial charge is 0.492 e. The number of hydrogen-bond donors (Lipinski definition) is 0. The molecule has 2 aromatic rings. The molecule has 0 bridgehead atoms. The van der Waals surface area contributed by atoms with Gasteiger partial charge in [0.15, 0.2) is 0 Å². The molecule has 0 spiro atoms. The fourth-order valence-corrected chi connectivity index (χ4v) is 4.01. The number of hydrogen-bond acceptors (Lipinski definition) is 3. The number of aromatic nitrogens is 1. The fourth-order valence-electron chi connectivity index (χ4n) is 3.24. The second-order valence-electron chi connectivity index (χ2n) is 6.33.